The molecule has 2 amide bonds. The highest BCUT2D eigenvalue weighted by atomic mass is 79.9. The van der Waals surface area contributed by atoms with Gasteiger partial charge in [-0.3, -0.25) is 9.59 Å². The van der Waals surface area contributed by atoms with E-state index in [4.69, 9.17) is 0 Å². The fourth-order valence-corrected chi connectivity index (χ4v) is 5.83. The van der Waals surface area contributed by atoms with Crippen LogP contribution in [0.5, 0.6) is 0 Å². The van der Waals surface area contributed by atoms with Gasteiger partial charge in [0.15, 0.2) is 0 Å². The molecule has 0 spiro atoms. The second-order valence-electron chi connectivity index (χ2n) is 8.46. The monoisotopic (exact) mass is 524 g/mol. The molecule has 0 N–H and O–H groups in total. The fraction of sp³-hybridized carbons (Fsp3) is 0.333. The Hall–Kier alpha value is -2.44. The fourth-order valence-electron chi connectivity index (χ4n) is 4.47. The lowest BCUT2D eigenvalue weighted by molar-refractivity contribution is -0.134. The second-order valence-corrected chi connectivity index (χ2v) is 10.3. The van der Waals surface area contributed by atoms with Crippen molar-refractivity contribution in [3.05, 3.63) is 91.6 Å². The number of rotatable bonds is 7. The highest BCUT2D eigenvalue weighted by Gasteiger charge is 2.34. The van der Waals surface area contributed by atoms with E-state index in [0.29, 0.717) is 18.7 Å². The van der Waals surface area contributed by atoms with Gasteiger partial charge in [0.2, 0.25) is 5.91 Å². The Morgan fingerprint density at radius 2 is 1.85 bits per heavy atom. The van der Waals surface area contributed by atoms with Gasteiger partial charge in [-0.25, -0.2) is 0 Å². The number of fused-ring (bicyclic) bond motifs is 1. The summed E-state index contributed by atoms with van der Waals surface area (Å²) in [5.74, 6) is -0.110. The van der Waals surface area contributed by atoms with E-state index in [2.05, 4.69) is 53.4 Å². The molecule has 1 aromatic heterocycles. The molecule has 1 unspecified atom stereocenters. The molecule has 6 heteroatoms. The van der Waals surface area contributed by atoms with Crippen molar-refractivity contribution >= 4 is 39.1 Å². The third-order valence-electron chi connectivity index (χ3n) is 6.27. The molecule has 0 saturated carbocycles. The SMILES string of the molecule is CCCCN(CC(=O)N1CCc2sccc2C1c1ccccc1C)C(=O)c1ccccc1Br. The van der Waals surface area contributed by atoms with Crippen LogP contribution in [0.25, 0.3) is 0 Å². The summed E-state index contributed by atoms with van der Waals surface area (Å²) in [6.07, 6.45) is 2.68. The summed E-state index contributed by atoms with van der Waals surface area (Å²) in [5.41, 5.74) is 4.13. The van der Waals surface area contributed by atoms with Gasteiger partial charge < -0.3 is 9.80 Å². The molecular formula is C27H29BrN2O2S. The molecule has 172 valence electrons. The van der Waals surface area contributed by atoms with Crippen molar-refractivity contribution in [3.8, 4) is 0 Å². The predicted molar refractivity (Wildman–Crippen MR) is 138 cm³/mol. The largest absolute Gasteiger partial charge is 0.330 e. The molecular weight excluding hydrogens is 496 g/mol. The highest BCUT2D eigenvalue weighted by molar-refractivity contribution is 9.10. The van der Waals surface area contributed by atoms with Gasteiger partial charge in [0.1, 0.15) is 6.54 Å². The number of unbranched alkanes of at least 4 members (excludes halogenated alkanes) is 1. The minimum Gasteiger partial charge on any atom is -0.330 e. The molecule has 2 aromatic carbocycles. The van der Waals surface area contributed by atoms with Gasteiger partial charge in [0, 0.05) is 22.4 Å². The molecule has 0 bridgehead atoms. The molecule has 1 aliphatic rings. The van der Waals surface area contributed by atoms with Gasteiger partial charge in [-0.2, -0.15) is 0 Å². The maximum absolute atomic E-state index is 13.7. The molecule has 3 aromatic rings. The van der Waals surface area contributed by atoms with E-state index < -0.39 is 0 Å². The average Bonchev–Trinajstić information content (AvgIpc) is 3.30. The summed E-state index contributed by atoms with van der Waals surface area (Å²) in [5, 5.41) is 2.12. The van der Waals surface area contributed by atoms with E-state index in [1.54, 1.807) is 16.2 Å². The minimum absolute atomic E-state index is 0.00314. The molecule has 2 heterocycles. The molecule has 0 aliphatic carbocycles. The Balaban J connectivity index is 1.63. The first-order chi connectivity index (χ1) is 16.0. The Bertz CT molecular complexity index is 1140. The maximum Gasteiger partial charge on any atom is 0.255 e. The van der Waals surface area contributed by atoms with E-state index in [-0.39, 0.29) is 24.4 Å². The quantitative estimate of drug-likeness (QED) is 0.367. The summed E-state index contributed by atoms with van der Waals surface area (Å²) in [4.78, 5) is 32.2. The number of hydrogen-bond acceptors (Lipinski definition) is 3. The van der Waals surface area contributed by atoms with Crippen molar-refractivity contribution in [2.75, 3.05) is 19.6 Å². The number of aryl methyl sites for hydroxylation is 1. The number of halogens is 1. The number of thiophene rings is 1. The van der Waals surface area contributed by atoms with E-state index >= 15 is 0 Å². The zero-order valence-electron chi connectivity index (χ0n) is 19.1. The first-order valence-electron chi connectivity index (χ1n) is 11.5. The van der Waals surface area contributed by atoms with Gasteiger partial charge in [-0.1, -0.05) is 49.7 Å². The van der Waals surface area contributed by atoms with E-state index in [1.807, 2.05) is 41.3 Å². The van der Waals surface area contributed by atoms with Crippen LogP contribution in [0.3, 0.4) is 0 Å². The predicted octanol–water partition coefficient (Wildman–Crippen LogP) is 6.24. The lowest BCUT2D eigenvalue weighted by Crippen LogP contribution is -2.47. The van der Waals surface area contributed by atoms with Crippen molar-refractivity contribution < 1.29 is 9.59 Å². The smallest absolute Gasteiger partial charge is 0.255 e. The van der Waals surface area contributed by atoms with Crippen LogP contribution in [0.4, 0.5) is 0 Å². The Morgan fingerprint density at radius 1 is 1.09 bits per heavy atom. The van der Waals surface area contributed by atoms with Gasteiger partial charge >= 0.3 is 0 Å². The zero-order valence-corrected chi connectivity index (χ0v) is 21.5. The molecule has 0 radical (unpaired) electrons. The van der Waals surface area contributed by atoms with Crippen molar-refractivity contribution in [2.45, 2.75) is 39.2 Å². The molecule has 4 nitrogen and oxygen atoms in total. The van der Waals surface area contributed by atoms with Crippen molar-refractivity contribution in [1.29, 1.82) is 0 Å². The molecule has 1 atom stereocenters. The van der Waals surface area contributed by atoms with Gasteiger partial charge in [-0.05, 0) is 76.0 Å². The zero-order chi connectivity index (χ0) is 23.4. The topological polar surface area (TPSA) is 40.6 Å². The maximum atomic E-state index is 13.7. The molecule has 4 rings (SSSR count). The Morgan fingerprint density at radius 3 is 2.61 bits per heavy atom. The summed E-state index contributed by atoms with van der Waals surface area (Å²) in [7, 11) is 0. The number of hydrogen-bond donors (Lipinski definition) is 0. The van der Waals surface area contributed by atoms with E-state index in [0.717, 1.165) is 29.3 Å². The van der Waals surface area contributed by atoms with Crippen molar-refractivity contribution in [1.82, 2.24) is 9.80 Å². The summed E-state index contributed by atoms with van der Waals surface area (Å²) >= 11 is 5.26. The lowest BCUT2D eigenvalue weighted by atomic mass is 9.90. The molecule has 33 heavy (non-hydrogen) atoms. The van der Waals surface area contributed by atoms with Gasteiger partial charge in [-0.15, -0.1) is 11.3 Å². The van der Waals surface area contributed by atoms with Crippen LogP contribution in [-0.4, -0.2) is 41.2 Å². The lowest BCUT2D eigenvalue weighted by Gasteiger charge is -2.38. The van der Waals surface area contributed by atoms with Crippen LogP contribution < -0.4 is 0 Å². The minimum atomic E-state index is -0.111. The Labute approximate surface area is 208 Å². The van der Waals surface area contributed by atoms with Crippen LogP contribution in [0.15, 0.2) is 64.5 Å². The number of benzene rings is 2. The Kier molecular flexibility index (Phi) is 7.66. The van der Waals surface area contributed by atoms with Crippen LogP contribution in [0.1, 0.15) is 57.7 Å². The van der Waals surface area contributed by atoms with Gasteiger partial charge in [0.25, 0.3) is 5.91 Å². The summed E-state index contributed by atoms with van der Waals surface area (Å²) in [6.45, 7) is 5.51. The first kappa shape index (κ1) is 23.7. The standard InChI is InChI=1S/C27H29BrN2O2S/c1-3-4-15-29(27(32)21-11-7-8-12-23(21)28)18-25(31)30-16-13-24-22(14-17-33-24)26(30)20-10-6-5-9-19(20)2/h5-12,14,17,26H,3-4,13,15-16,18H2,1-2H3. The van der Waals surface area contributed by atoms with Gasteiger partial charge in [0.05, 0.1) is 11.6 Å². The molecule has 0 saturated heterocycles. The second kappa shape index (κ2) is 10.7. The van der Waals surface area contributed by atoms with Crippen LogP contribution in [0, 0.1) is 6.92 Å². The highest BCUT2D eigenvalue weighted by Crippen LogP contribution is 2.39. The number of nitrogens with zero attached hydrogens (tertiary/aromatic N) is 2. The number of carbonyl (C=O) groups excluding carboxylic acids is 2. The summed E-state index contributed by atoms with van der Waals surface area (Å²) in [6, 6.07) is 17.8. The number of carbonyl (C=O) groups is 2. The third kappa shape index (κ3) is 5.07. The average molecular weight is 526 g/mol. The third-order valence-corrected chi connectivity index (χ3v) is 7.96. The normalized spacial score (nSPS) is 15.2. The number of amides is 2. The summed E-state index contributed by atoms with van der Waals surface area (Å²) < 4.78 is 0.752. The van der Waals surface area contributed by atoms with Crippen molar-refractivity contribution in [3.63, 3.8) is 0 Å². The van der Waals surface area contributed by atoms with Crippen LogP contribution in [-0.2, 0) is 11.2 Å². The van der Waals surface area contributed by atoms with E-state index in [9.17, 15) is 9.59 Å². The van der Waals surface area contributed by atoms with Crippen LogP contribution >= 0.6 is 27.3 Å². The van der Waals surface area contributed by atoms with Crippen LogP contribution in [0.2, 0.25) is 0 Å². The van der Waals surface area contributed by atoms with Crippen molar-refractivity contribution in [2.24, 2.45) is 0 Å². The first-order valence-corrected chi connectivity index (χ1v) is 13.1. The molecule has 0 fully saturated rings. The molecule has 1 aliphatic heterocycles. The van der Waals surface area contributed by atoms with E-state index in [1.165, 1.54) is 16.0 Å².